The molecule has 27 heavy (non-hydrogen) atoms. The zero-order valence-electron chi connectivity index (χ0n) is 18.7. The lowest BCUT2D eigenvalue weighted by Crippen LogP contribution is -2.40. The molecule has 1 saturated carbocycles. The third-order valence-electron chi connectivity index (χ3n) is 5.26. The zero-order chi connectivity index (χ0) is 20.8. The molecule has 0 radical (unpaired) electrons. The van der Waals surface area contributed by atoms with Crippen LogP contribution in [-0.2, 0) is 19.0 Å². The van der Waals surface area contributed by atoms with Crippen LogP contribution in [0, 0.1) is 17.3 Å². The number of esters is 1. The van der Waals surface area contributed by atoms with Gasteiger partial charge >= 0.3 is 5.97 Å². The lowest BCUT2D eigenvalue weighted by atomic mass is 9.77. The van der Waals surface area contributed by atoms with Crippen LogP contribution in [0.15, 0.2) is 0 Å². The molecule has 1 aliphatic carbocycles. The Labute approximate surface area is 166 Å². The Bertz CT molecular complexity index is 456. The minimum atomic E-state index is -0.975. The highest BCUT2D eigenvalue weighted by Gasteiger charge is 2.40. The van der Waals surface area contributed by atoms with Gasteiger partial charge < -0.3 is 19.3 Å². The fraction of sp³-hybridized carbons (Fsp3) is 0.955. The summed E-state index contributed by atoms with van der Waals surface area (Å²) in [4.78, 5) is 12.3. The number of carbonyl (C=O) groups is 1. The Hall–Kier alpha value is -0.650. The highest BCUT2D eigenvalue weighted by atomic mass is 16.6. The van der Waals surface area contributed by atoms with Gasteiger partial charge in [0.15, 0.2) is 6.29 Å². The van der Waals surface area contributed by atoms with Gasteiger partial charge in [0.05, 0.1) is 11.7 Å². The maximum absolute atomic E-state index is 12.3. The second-order valence-electron chi connectivity index (χ2n) is 9.94. The van der Waals surface area contributed by atoms with Crippen LogP contribution in [0.5, 0.6) is 0 Å². The molecule has 0 aromatic rings. The van der Waals surface area contributed by atoms with Gasteiger partial charge in [-0.1, -0.05) is 41.0 Å². The quantitative estimate of drug-likeness (QED) is 0.435. The largest absolute Gasteiger partial charge is 0.458 e. The van der Waals surface area contributed by atoms with Gasteiger partial charge in [-0.05, 0) is 58.3 Å². The fourth-order valence-electron chi connectivity index (χ4n) is 4.23. The van der Waals surface area contributed by atoms with Crippen LogP contribution >= 0.6 is 0 Å². The second-order valence-corrected chi connectivity index (χ2v) is 9.94. The first kappa shape index (κ1) is 24.4. The zero-order valence-corrected chi connectivity index (χ0v) is 18.7. The first-order valence-electron chi connectivity index (χ1n) is 10.5. The van der Waals surface area contributed by atoms with Gasteiger partial charge in [0.2, 0.25) is 0 Å². The Morgan fingerprint density at radius 2 is 1.81 bits per heavy atom. The first-order valence-corrected chi connectivity index (χ1v) is 10.5. The number of hydrogen-bond acceptors (Lipinski definition) is 5. The highest BCUT2D eigenvalue weighted by Crippen LogP contribution is 2.36. The van der Waals surface area contributed by atoms with Crippen molar-refractivity contribution in [1.29, 1.82) is 0 Å². The van der Waals surface area contributed by atoms with Crippen LogP contribution in [0.1, 0.15) is 87.5 Å². The van der Waals surface area contributed by atoms with Crippen molar-refractivity contribution in [3.05, 3.63) is 0 Å². The number of carbonyl (C=O) groups excluding carboxylic acids is 1. The van der Waals surface area contributed by atoms with Crippen molar-refractivity contribution in [1.82, 2.24) is 0 Å². The van der Waals surface area contributed by atoms with Crippen molar-refractivity contribution >= 4 is 5.97 Å². The molecule has 0 aromatic heterocycles. The predicted molar refractivity (Wildman–Crippen MR) is 107 cm³/mol. The van der Waals surface area contributed by atoms with Crippen LogP contribution in [0.25, 0.3) is 0 Å². The average Bonchev–Trinajstić information content (AvgIpc) is 2.83. The van der Waals surface area contributed by atoms with Crippen LogP contribution in [0.3, 0.4) is 0 Å². The summed E-state index contributed by atoms with van der Waals surface area (Å²) in [5, 5.41) is 10.6. The number of rotatable bonds is 10. The Kier molecular flexibility index (Phi) is 9.23. The molecule has 1 aliphatic rings. The molecule has 0 amide bonds. The fourth-order valence-corrected chi connectivity index (χ4v) is 4.23. The van der Waals surface area contributed by atoms with Gasteiger partial charge in [-0.2, -0.15) is 0 Å². The SMILES string of the molecule is CCCC(C)(CC(C)C)C(O)OCC(=O)OC1CCC(C)C1OC(C)(C)C. The maximum Gasteiger partial charge on any atom is 0.332 e. The highest BCUT2D eigenvalue weighted by molar-refractivity contribution is 5.71. The average molecular weight is 387 g/mol. The summed E-state index contributed by atoms with van der Waals surface area (Å²) in [5.74, 6) is 0.369. The van der Waals surface area contributed by atoms with E-state index in [1.165, 1.54) is 0 Å². The predicted octanol–water partition coefficient (Wildman–Crippen LogP) is 4.70. The van der Waals surface area contributed by atoms with Gasteiger partial charge in [0.1, 0.15) is 12.7 Å². The summed E-state index contributed by atoms with van der Waals surface area (Å²) in [5.41, 5.74) is -0.637. The van der Waals surface area contributed by atoms with E-state index in [-0.39, 0.29) is 29.8 Å². The van der Waals surface area contributed by atoms with Crippen molar-refractivity contribution in [2.45, 2.75) is 112 Å². The van der Waals surface area contributed by atoms with E-state index in [9.17, 15) is 9.90 Å². The number of ether oxygens (including phenoxy) is 3. The van der Waals surface area contributed by atoms with E-state index < -0.39 is 12.3 Å². The molecule has 1 N–H and O–H groups in total. The van der Waals surface area contributed by atoms with Crippen molar-refractivity contribution < 1.29 is 24.1 Å². The number of aliphatic hydroxyl groups excluding tert-OH is 1. The van der Waals surface area contributed by atoms with Crippen molar-refractivity contribution in [3.8, 4) is 0 Å². The monoisotopic (exact) mass is 386 g/mol. The summed E-state index contributed by atoms with van der Waals surface area (Å²) in [6, 6.07) is 0. The molecule has 0 bridgehead atoms. The summed E-state index contributed by atoms with van der Waals surface area (Å²) in [6.45, 7) is 16.3. The normalized spacial score (nSPS) is 26.8. The molecule has 0 spiro atoms. The lowest BCUT2D eigenvalue weighted by molar-refractivity contribution is -0.199. The van der Waals surface area contributed by atoms with Crippen LogP contribution in [0.2, 0.25) is 0 Å². The molecule has 0 aliphatic heterocycles. The Morgan fingerprint density at radius 1 is 1.19 bits per heavy atom. The smallest absolute Gasteiger partial charge is 0.332 e. The van der Waals surface area contributed by atoms with E-state index in [1.54, 1.807) is 0 Å². The molecule has 5 nitrogen and oxygen atoms in total. The van der Waals surface area contributed by atoms with E-state index in [0.29, 0.717) is 11.8 Å². The van der Waals surface area contributed by atoms with E-state index in [4.69, 9.17) is 14.2 Å². The molecule has 5 heteroatoms. The molecule has 5 atom stereocenters. The first-order chi connectivity index (χ1) is 12.4. The van der Waals surface area contributed by atoms with Crippen molar-refractivity contribution in [2.24, 2.45) is 17.3 Å². The van der Waals surface area contributed by atoms with E-state index in [1.807, 2.05) is 27.7 Å². The van der Waals surface area contributed by atoms with E-state index in [2.05, 4.69) is 27.7 Å². The van der Waals surface area contributed by atoms with Gasteiger partial charge in [-0.25, -0.2) is 4.79 Å². The second kappa shape index (κ2) is 10.2. The number of aliphatic hydroxyl groups is 1. The topological polar surface area (TPSA) is 65.0 Å². The minimum Gasteiger partial charge on any atom is -0.458 e. The van der Waals surface area contributed by atoms with E-state index in [0.717, 1.165) is 32.1 Å². The molecular formula is C22H42O5. The standard InChI is InChI=1S/C22H42O5/c1-9-12-22(8,13-15(2)3)20(24)25-14-18(23)26-17-11-10-16(4)19(17)27-21(5,6)7/h15-17,19-20,24H,9-14H2,1-8H3. The summed E-state index contributed by atoms with van der Waals surface area (Å²) in [6.07, 6.45) is 3.12. The third kappa shape index (κ3) is 8.08. The lowest BCUT2D eigenvalue weighted by Gasteiger charge is -2.35. The molecule has 0 aromatic carbocycles. The van der Waals surface area contributed by atoms with Crippen LogP contribution in [-0.4, -0.2) is 41.8 Å². The Balaban J connectivity index is 2.58. The van der Waals surface area contributed by atoms with Crippen LogP contribution in [0.4, 0.5) is 0 Å². The molecule has 1 rings (SSSR count). The molecule has 0 heterocycles. The minimum absolute atomic E-state index is 0.0924. The molecule has 1 fully saturated rings. The van der Waals surface area contributed by atoms with Crippen molar-refractivity contribution in [3.63, 3.8) is 0 Å². The molecule has 5 unspecified atom stereocenters. The van der Waals surface area contributed by atoms with Gasteiger partial charge in [-0.3, -0.25) is 0 Å². The summed E-state index contributed by atoms with van der Waals surface area (Å²) in [7, 11) is 0. The maximum atomic E-state index is 12.3. The van der Waals surface area contributed by atoms with Gasteiger partial charge in [-0.15, -0.1) is 0 Å². The molecule has 0 saturated heterocycles. The third-order valence-corrected chi connectivity index (χ3v) is 5.26. The summed E-state index contributed by atoms with van der Waals surface area (Å²) < 4.78 is 17.3. The Morgan fingerprint density at radius 3 is 2.33 bits per heavy atom. The van der Waals surface area contributed by atoms with Gasteiger partial charge in [0, 0.05) is 5.41 Å². The molecular weight excluding hydrogens is 344 g/mol. The summed E-state index contributed by atoms with van der Waals surface area (Å²) >= 11 is 0. The number of hydrogen-bond donors (Lipinski definition) is 1. The van der Waals surface area contributed by atoms with Gasteiger partial charge in [0.25, 0.3) is 0 Å². The van der Waals surface area contributed by atoms with Crippen LogP contribution < -0.4 is 0 Å². The molecule has 160 valence electrons. The van der Waals surface area contributed by atoms with E-state index >= 15 is 0 Å². The van der Waals surface area contributed by atoms with Crippen molar-refractivity contribution in [2.75, 3.05) is 6.61 Å².